The Kier molecular flexibility index (Phi) is 5.30. The maximum Gasteiger partial charge on any atom is 0.416 e. The van der Waals surface area contributed by atoms with E-state index in [4.69, 9.17) is 10.5 Å². The molecule has 17 heavy (non-hydrogen) atoms. The summed E-state index contributed by atoms with van der Waals surface area (Å²) in [7, 11) is 1.58. The van der Waals surface area contributed by atoms with Gasteiger partial charge in [-0.15, -0.1) is 11.8 Å². The minimum Gasteiger partial charge on any atom is -0.384 e. The quantitative estimate of drug-likeness (QED) is 0.656. The van der Waals surface area contributed by atoms with Crippen molar-refractivity contribution in [2.24, 2.45) is 5.73 Å². The Morgan fingerprint density at radius 3 is 2.59 bits per heavy atom. The summed E-state index contributed by atoms with van der Waals surface area (Å²) in [6.07, 6.45) is -4.34. The number of halogens is 3. The molecule has 0 amide bonds. The lowest BCUT2D eigenvalue weighted by Gasteiger charge is -2.12. The van der Waals surface area contributed by atoms with Crippen LogP contribution in [-0.4, -0.2) is 19.5 Å². The molecule has 1 aromatic carbocycles. The third-order valence-electron chi connectivity index (χ3n) is 2.16. The van der Waals surface area contributed by atoms with Gasteiger partial charge >= 0.3 is 6.18 Å². The summed E-state index contributed by atoms with van der Waals surface area (Å²) in [6.45, 7) is 0.442. The predicted molar refractivity (Wildman–Crippen MR) is 61.9 cm³/mol. The normalized spacial score (nSPS) is 11.8. The summed E-state index contributed by atoms with van der Waals surface area (Å²) in [5, 5.41) is 0. The van der Waals surface area contributed by atoms with E-state index in [9.17, 15) is 13.2 Å². The van der Waals surface area contributed by atoms with Gasteiger partial charge < -0.3 is 10.5 Å². The first-order valence-electron chi connectivity index (χ1n) is 5.01. The molecule has 6 heteroatoms. The number of hydrogen-bond donors (Lipinski definition) is 1. The zero-order valence-corrected chi connectivity index (χ0v) is 10.2. The second-order valence-corrected chi connectivity index (χ2v) is 4.53. The molecule has 2 N–H and O–H groups in total. The van der Waals surface area contributed by atoms with Crippen LogP contribution in [0.4, 0.5) is 13.2 Å². The third-order valence-corrected chi connectivity index (χ3v) is 3.12. The molecule has 0 radical (unpaired) electrons. The van der Waals surface area contributed by atoms with Gasteiger partial charge in [0, 0.05) is 24.3 Å². The average molecular weight is 265 g/mol. The first-order valence-corrected chi connectivity index (χ1v) is 5.99. The summed E-state index contributed by atoms with van der Waals surface area (Å²) in [4.78, 5) is 0.774. The van der Waals surface area contributed by atoms with E-state index in [1.165, 1.54) is 23.9 Å². The SMILES string of the molecule is COCCSc1ccc(C(F)(F)F)c(CN)c1. The van der Waals surface area contributed by atoms with Crippen molar-refractivity contribution in [1.82, 2.24) is 0 Å². The Labute approximate surface area is 102 Å². The van der Waals surface area contributed by atoms with Crippen LogP contribution in [0.15, 0.2) is 23.1 Å². The number of hydrogen-bond acceptors (Lipinski definition) is 3. The molecule has 96 valence electrons. The molecule has 0 fully saturated rings. The molecule has 0 aliphatic rings. The summed E-state index contributed by atoms with van der Waals surface area (Å²) in [6, 6.07) is 4.03. The molecule has 0 spiro atoms. The molecule has 1 aromatic rings. The van der Waals surface area contributed by atoms with Crippen LogP contribution in [0.25, 0.3) is 0 Å². The maximum absolute atomic E-state index is 12.6. The summed E-state index contributed by atoms with van der Waals surface area (Å²) in [5.41, 5.74) is 4.81. The summed E-state index contributed by atoms with van der Waals surface area (Å²) in [5.74, 6) is 0.700. The Morgan fingerprint density at radius 2 is 2.06 bits per heavy atom. The lowest BCUT2D eigenvalue weighted by molar-refractivity contribution is -0.138. The van der Waals surface area contributed by atoms with Gasteiger partial charge in [-0.05, 0) is 23.8 Å². The molecule has 0 aliphatic heterocycles. The number of benzene rings is 1. The Bertz CT molecular complexity index is 368. The van der Waals surface area contributed by atoms with Gasteiger partial charge in [-0.25, -0.2) is 0 Å². The highest BCUT2D eigenvalue weighted by atomic mass is 32.2. The molecule has 0 heterocycles. The van der Waals surface area contributed by atoms with Gasteiger partial charge in [0.2, 0.25) is 0 Å². The van der Waals surface area contributed by atoms with Crippen LogP contribution in [-0.2, 0) is 17.5 Å². The molecule has 0 aromatic heterocycles. The van der Waals surface area contributed by atoms with Crippen LogP contribution in [0.3, 0.4) is 0 Å². The minimum absolute atomic E-state index is 0.118. The van der Waals surface area contributed by atoms with Crippen LogP contribution in [0.2, 0.25) is 0 Å². The zero-order chi connectivity index (χ0) is 12.9. The van der Waals surface area contributed by atoms with Crippen molar-refractivity contribution in [2.45, 2.75) is 17.6 Å². The van der Waals surface area contributed by atoms with Crippen LogP contribution < -0.4 is 5.73 Å². The number of thioether (sulfide) groups is 1. The van der Waals surface area contributed by atoms with Gasteiger partial charge in [0.25, 0.3) is 0 Å². The Hall–Kier alpha value is -0.720. The van der Waals surface area contributed by atoms with Crippen molar-refractivity contribution < 1.29 is 17.9 Å². The lowest BCUT2D eigenvalue weighted by atomic mass is 10.1. The topological polar surface area (TPSA) is 35.2 Å². The molecule has 0 saturated heterocycles. The number of rotatable bonds is 5. The molecular formula is C11H14F3NOS. The molecule has 1 rings (SSSR count). The van der Waals surface area contributed by atoms with Crippen molar-refractivity contribution in [2.75, 3.05) is 19.5 Å². The Morgan fingerprint density at radius 1 is 1.35 bits per heavy atom. The van der Waals surface area contributed by atoms with E-state index in [0.717, 1.165) is 11.0 Å². The number of methoxy groups -OCH3 is 1. The van der Waals surface area contributed by atoms with E-state index in [1.54, 1.807) is 7.11 Å². The van der Waals surface area contributed by atoms with E-state index >= 15 is 0 Å². The lowest BCUT2D eigenvalue weighted by Crippen LogP contribution is -2.11. The fourth-order valence-corrected chi connectivity index (χ4v) is 2.22. The van der Waals surface area contributed by atoms with Gasteiger partial charge in [0.15, 0.2) is 0 Å². The molecule has 0 atom stereocenters. The van der Waals surface area contributed by atoms with Gasteiger partial charge in [-0.3, -0.25) is 0 Å². The minimum atomic E-state index is -4.34. The fourth-order valence-electron chi connectivity index (χ4n) is 1.35. The Balaban J connectivity index is 2.85. The highest BCUT2D eigenvalue weighted by molar-refractivity contribution is 7.99. The first-order chi connectivity index (χ1) is 7.99. The second-order valence-electron chi connectivity index (χ2n) is 3.36. The average Bonchev–Trinajstić information content (AvgIpc) is 2.28. The van der Waals surface area contributed by atoms with Crippen molar-refractivity contribution in [3.05, 3.63) is 29.3 Å². The predicted octanol–water partition coefficient (Wildman–Crippen LogP) is 2.90. The molecule has 0 unspecified atom stereocenters. The van der Waals surface area contributed by atoms with Crippen molar-refractivity contribution in [3.8, 4) is 0 Å². The van der Waals surface area contributed by atoms with Crippen molar-refractivity contribution in [3.63, 3.8) is 0 Å². The van der Waals surface area contributed by atoms with Crippen molar-refractivity contribution >= 4 is 11.8 Å². The molecule has 0 aliphatic carbocycles. The number of ether oxygens (including phenoxy) is 1. The second kappa shape index (κ2) is 6.28. The molecule has 0 bridgehead atoms. The summed E-state index contributed by atoms with van der Waals surface area (Å²) < 4.78 is 42.6. The van der Waals surface area contributed by atoms with E-state index in [-0.39, 0.29) is 12.1 Å². The largest absolute Gasteiger partial charge is 0.416 e. The smallest absolute Gasteiger partial charge is 0.384 e. The van der Waals surface area contributed by atoms with Gasteiger partial charge in [-0.2, -0.15) is 13.2 Å². The van der Waals surface area contributed by atoms with E-state index in [1.807, 2.05) is 0 Å². The van der Waals surface area contributed by atoms with E-state index in [0.29, 0.717) is 12.4 Å². The highest BCUT2D eigenvalue weighted by Crippen LogP contribution is 2.33. The monoisotopic (exact) mass is 265 g/mol. The van der Waals surface area contributed by atoms with E-state index < -0.39 is 11.7 Å². The van der Waals surface area contributed by atoms with Crippen LogP contribution in [0.5, 0.6) is 0 Å². The fraction of sp³-hybridized carbons (Fsp3) is 0.455. The van der Waals surface area contributed by atoms with Gasteiger partial charge in [-0.1, -0.05) is 0 Å². The number of alkyl halides is 3. The molecule has 2 nitrogen and oxygen atoms in total. The van der Waals surface area contributed by atoms with E-state index in [2.05, 4.69) is 0 Å². The maximum atomic E-state index is 12.6. The van der Waals surface area contributed by atoms with Crippen LogP contribution in [0, 0.1) is 0 Å². The van der Waals surface area contributed by atoms with Crippen LogP contribution >= 0.6 is 11.8 Å². The first kappa shape index (κ1) is 14.3. The molecule has 0 saturated carbocycles. The van der Waals surface area contributed by atoms with Crippen molar-refractivity contribution in [1.29, 1.82) is 0 Å². The summed E-state index contributed by atoms with van der Waals surface area (Å²) >= 11 is 1.45. The zero-order valence-electron chi connectivity index (χ0n) is 9.38. The third kappa shape index (κ3) is 4.22. The number of nitrogens with two attached hydrogens (primary N) is 1. The van der Waals surface area contributed by atoms with Crippen LogP contribution in [0.1, 0.15) is 11.1 Å². The van der Waals surface area contributed by atoms with Gasteiger partial charge in [0.05, 0.1) is 12.2 Å². The standard InChI is InChI=1S/C11H14F3NOS/c1-16-4-5-17-9-2-3-10(11(12,13)14)8(6-9)7-15/h2-3,6H,4-5,7,15H2,1H3. The molecular weight excluding hydrogens is 251 g/mol. The van der Waals surface area contributed by atoms with Gasteiger partial charge in [0.1, 0.15) is 0 Å². The highest BCUT2D eigenvalue weighted by Gasteiger charge is 2.32.